The summed E-state index contributed by atoms with van der Waals surface area (Å²) in [6.07, 6.45) is 25.5. The number of fused-ring (bicyclic) bond motifs is 10. The Morgan fingerprint density at radius 1 is 0.246 bits per heavy atom. The Bertz CT molecular complexity index is 8060. The molecule has 0 spiro atoms. The number of rotatable bonds is 12. The molecule has 22 aromatic rings. The second-order valence-electron chi connectivity index (χ2n) is 31.4. The summed E-state index contributed by atoms with van der Waals surface area (Å²) in [7, 11) is 0. The van der Waals surface area contributed by atoms with Crippen molar-refractivity contribution in [2.24, 2.45) is 0 Å². The molecule has 24 rings (SSSR count). The van der Waals surface area contributed by atoms with Gasteiger partial charge in [-0.2, -0.15) is 41.0 Å². The van der Waals surface area contributed by atoms with E-state index in [1.807, 2.05) is 237 Å². The normalized spacial score (nSPS) is 11.1. The van der Waals surface area contributed by atoms with Crippen LogP contribution in [0.2, 0.25) is 0 Å². The minimum atomic E-state index is 0.0824. The van der Waals surface area contributed by atoms with Crippen molar-refractivity contribution in [1.29, 1.82) is 21.0 Å². The van der Waals surface area contributed by atoms with Crippen LogP contribution in [0.25, 0.3) is 164 Å². The van der Waals surface area contributed by atoms with Gasteiger partial charge in [0.05, 0.1) is 140 Å². The first-order valence-electron chi connectivity index (χ1n) is 43.6. The highest BCUT2D eigenvalue weighted by Crippen LogP contribution is 2.57. The molecule has 0 radical (unpaired) electrons. The third-order valence-corrected chi connectivity index (χ3v) is 23.4. The van der Waals surface area contributed by atoms with Gasteiger partial charge in [-0.3, -0.25) is 9.97 Å². The molecule has 0 saturated heterocycles. The lowest BCUT2D eigenvalue weighted by molar-refractivity contribution is 0.477. The zero-order valence-corrected chi connectivity index (χ0v) is 74.0. The first kappa shape index (κ1) is 86.7. The lowest BCUT2D eigenvalue weighted by Gasteiger charge is -2.35. The van der Waals surface area contributed by atoms with Crippen LogP contribution in [0.1, 0.15) is 22.9 Å². The number of nitrogens with zero attached hydrogens (tertiary/aromatic N) is 28. The van der Waals surface area contributed by atoms with Gasteiger partial charge in [-0.25, -0.2) is 49.7 Å². The van der Waals surface area contributed by atoms with Crippen LogP contribution < -0.4 is 19.3 Å². The van der Waals surface area contributed by atoms with Crippen LogP contribution in [0.3, 0.4) is 0 Å². The maximum Gasteiger partial charge on any atom is 0.371 e. The number of aromatic nitrogens is 18. The van der Waals surface area contributed by atoms with Crippen LogP contribution in [0.5, 0.6) is 23.0 Å². The van der Waals surface area contributed by atoms with Crippen molar-refractivity contribution < 1.29 is 9.47 Å². The van der Waals surface area contributed by atoms with E-state index in [9.17, 15) is 15.8 Å². The fraction of sp³-hybridized carbons (Fsp3) is 0. The van der Waals surface area contributed by atoms with Gasteiger partial charge >= 0.3 is 11.9 Å². The topological polar surface area (TPSA) is 354 Å². The number of nitriles is 4. The Hall–Kier alpha value is -22.0. The molecule has 142 heavy (non-hydrogen) atoms. The Balaban J connectivity index is 0.000000112. The fourth-order valence-electron chi connectivity index (χ4n) is 17.2. The van der Waals surface area contributed by atoms with Crippen molar-refractivity contribution in [1.82, 2.24) is 88.9 Å². The Morgan fingerprint density at radius 2 is 0.570 bits per heavy atom. The smallest absolute Gasteiger partial charge is 0.371 e. The Labute approximate surface area is 808 Å². The minimum absolute atomic E-state index is 0.0824. The van der Waals surface area contributed by atoms with E-state index >= 15 is 0 Å². The summed E-state index contributed by atoms with van der Waals surface area (Å²) in [5.74, 6) is 4.36. The summed E-state index contributed by atoms with van der Waals surface area (Å²) in [5, 5.41) is 41.3. The van der Waals surface area contributed by atoms with Crippen molar-refractivity contribution in [3.8, 4) is 148 Å². The van der Waals surface area contributed by atoms with Crippen molar-refractivity contribution in [3.05, 3.63) is 435 Å². The van der Waals surface area contributed by atoms with Gasteiger partial charge in [0.15, 0.2) is 40.3 Å². The van der Waals surface area contributed by atoms with Crippen LogP contribution in [-0.2, 0) is 0 Å². The third-order valence-electron chi connectivity index (χ3n) is 23.4. The van der Waals surface area contributed by atoms with E-state index in [1.165, 1.54) is 37.2 Å². The second kappa shape index (κ2) is 38.3. The predicted molar refractivity (Wildman–Crippen MR) is 536 cm³/mol. The van der Waals surface area contributed by atoms with Crippen LogP contribution in [0, 0.1) is 71.6 Å². The Morgan fingerprint density at radius 3 is 0.908 bits per heavy atom. The molecular weight excluding hydrogens is 1770 g/mol. The SMILES string of the molecule is [C-]#[N+]c1cnc(-c2cccc(-c3cnc(C#N)cn3)c2-n2c3ccccc3c3ccccc32)cn1.[C-]#[N+]c1cnc(-c2cccc(-c3ncc(C#N)cn3)c2N2c3ccccc3Oc3ccccc32)nc1.[C-]#[N+]c1ncc(-c2cccc(-c3cnc(C#N)nc3)c2-n2c3ccccc3c3ccccc32)cn1.[C-]#[N+]c1ncc(-c2cccc(-c3cnc(C#N)nc3)c2N2c3ccccc3Oc3ccccc32)cn1. The molecule has 30 nitrogen and oxygen atoms in total. The molecule has 0 amide bonds. The van der Waals surface area contributed by atoms with Gasteiger partial charge in [0.25, 0.3) is 5.82 Å². The van der Waals surface area contributed by atoms with E-state index in [0.717, 1.165) is 156 Å². The molecule has 0 unspecified atom stereocenters. The third kappa shape index (κ3) is 16.4. The minimum Gasteiger partial charge on any atom is -0.453 e. The number of hydrogen-bond donors (Lipinski definition) is 0. The van der Waals surface area contributed by atoms with E-state index in [1.54, 1.807) is 62.0 Å². The van der Waals surface area contributed by atoms with E-state index in [-0.39, 0.29) is 35.1 Å². The molecule has 0 atom stereocenters. The molecule has 0 aliphatic carbocycles. The van der Waals surface area contributed by atoms with Crippen molar-refractivity contribution in [2.45, 2.75) is 0 Å². The molecule has 0 fully saturated rings. The fourth-order valence-corrected chi connectivity index (χ4v) is 17.2. The quantitative estimate of drug-likeness (QED) is 0.103. The van der Waals surface area contributed by atoms with Crippen LogP contribution in [0.15, 0.2) is 366 Å². The van der Waals surface area contributed by atoms with Gasteiger partial charge in [-0.15, -0.1) is 18.1 Å². The van der Waals surface area contributed by atoms with Gasteiger partial charge in [0.2, 0.25) is 17.3 Å². The van der Waals surface area contributed by atoms with Gasteiger partial charge in [0.1, 0.15) is 36.2 Å². The van der Waals surface area contributed by atoms with Gasteiger partial charge < -0.3 is 42.9 Å². The average molecular weight is 1830 g/mol. The molecule has 0 N–H and O–H groups in total. The zero-order chi connectivity index (χ0) is 96.5. The molecule has 0 saturated carbocycles. The number of benzene rings is 12. The lowest BCUT2D eigenvalue weighted by atomic mass is 9.96. The highest BCUT2D eigenvalue weighted by molar-refractivity contribution is 6.12. The molecule has 30 heteroatoms. The number of anilines is 6. The first-order chi connectivity index (χ1) is 70.1. The molecular formula is C112H60N28O2. The Kier molecular flexibility index (Phi) is 23.4. The monoisotopic (exact) mass is 1830 g/mol. The summed E-state index contributed by atoms with van der Waals surface area (Å²) in [6.45, 7) is 28.9. The molecule has 10 aromatic heterocycles. The standard InChI is InChI=1S/2C28H15N7O.2C28H15N7/c1-30-28-33-16-19(17-34-28)21-8-6-7-20(18-14-31-26(13-29)32-15-18)27(21)35-22-9-2-4-11-24(22)36-25-12-5-3-10-23(25)35;1-30-19-16-33-28(34-17-19)21-8-6-7-20(27-31-14-18(13-29)15-32-27)26(21)35-22-9-2-4-11-24(22)36-25-12-5-3-10-23(25)35;1-30-28-33-16-19(17-34-28)21-10-6-9-20(18-14-31-26(13-29)32-15-18)27(21)35-24-11-4-2-7-22(24)23-8-3-5-12-25(23)35;1-30-27-17-33-24(16-34-27)22-10-6-9-21(23-15-31-18(13-29)14-32-23)28(22)35-25-11-4-2-7-19(25)20-8-3-5-12-26(20)35/h2*2-12,14-17H;2*2-12,14-17H. The van der Waals surface area contributed by atoms with E-state index in [0.29, 0.717) is 57.3 Å². The molecule has 2 aliphatic rings. The summed E-state index contributed by atoms with van der Waals surface area (Å²) in [5.41, 5.74) is 22.8. The maximum atomic E-state index is 9.22. The molecule has 0 bridgehead atoms. The highest BCUT2D eigenvalue weighted by atomic mass is 16.5. The van der Waals surface area contributed by atoms with Crippen LogP contribution in [-0.4, -0.2) is 88.9 Å². The molecule has 660 valence electrons. The van der Waals surface area contributed by atoms with E-state index in [2.05, 4.69) is 173 Å². The van der Waals surface area contributed by atoms with Gasteiger partial charge in [-0.1, -0.05) is 189 Å². The molecule has 12 aromatic carbocycles. The predicted octanol–water partition coefficient (Wildman–Crippen LogP) is 25.4. The van der Waals surface area contributed by atoms with Crippen molar-refractivity contribution >= 4 is 101 Å². The molecule has 12 heterocycles. The second-order valence-corrected chi connectivity index (χ2v) is 31.4. The van der Waals surface area contributed by atoms with Crippen molar-refractivity contribution in [2.75, 3.05) is 9.80 Å². The largest absolute Gasteiger partial charge is 0.453 e. The summed E-state index contributed by atoms with van der Waals surface area (Å²) >= 11 is 0. The zero-order valence-electron chi connectivity index (χ0n) is 74.0. The van der Waals surface area contributed by atoms with E-state index in [4.69, 9.17) is 41.0 Å². The summed E-state index contributed by atoms with van der Waals surface area (Å²) < 4.78 is 16.9. The summed E-state index contributed by atoms with van der Waals surface area (Å²) in [4.78, 5) is 86.8. The molecule has 2 aliphatic heterocycles. The van der Waals surface area contributed by atoms with E-state index < -0.39 is 0 Å². The highest BCUT2D eigenvalue weighted by Gasteiger charge is 2.34. The summed E-state index contributed by atoms with van der Waals surface area (Å²) in [6, 6.07) is 95.9. The maximum absolute atomic E-state index is 9.22. The van der Waals surface area contributed by atoms with Gasteiger partial charge in [-0.05, 0) is 84.9 Å². The van der Waals surface area contributed by atoms with Crippen LogP contribution in [0.4, 0.5) is 57.5 Å². The van der Waals surface area contributed by atoms with Crippen LogP contribution >= 0.6 is 0 Å². The number of hydrogen-bond acceptors (Lipinski definition) is 24. The van der Waals surface area contributed by atoms with Crippen molar-refractivity contribution in [3.63, 3.8) is 0 Å². The van der Waals surface area contributed by atoms with Gasteiger partial charge in [0, 0.05) is 127 Å². The average Bonchev–Trinajstić information content (AvgIpc) is 1.61. The lowest BCUT2D eigenvalue weighted by Crippen LogP contribution is -2.18. The number of ether oxygens (including phenoxy) is 2. The number of para-hydroxylation sites is 16. The first-order valence-corrected chi connectivity index (χ1v) is 43.6.